The second-order valence-corrected chi connectivity index (χ2v) is 6.75. The fourth-order valence-corrected chi connectivity index (χ4v) is 2.79. The molecule has 6 nitrogen and oxygen atoms in total. The Bertz CT molecular complexity index is 967. The molecule has 0 fully saturated rings. The molecule has 3 aromatic rings. The van der Waals surface area contributed by atoms with Gasteiger partial charge in [0.15, 0.2) is 0 Å². The van der Waals surface area contributed by atoms with E-state index in [4.69, 9.17) is 15.6 Å². The lowest BCUT2D eigenvalue weighted by Crippen LogP contribution is -2.31. The summed E-state index contributed by atoms with van der Waals surface area (Å²) in [6, 6.07) is 15.4. The third-order valence-corrected chi connectivity index (χ3v) is 4.37. The molecule has 3 rings (SSSR count). The number of nitrogens with zero attached hydrogens (tertiary/aromatic N) is 2. The summed E-state index contributed by atoms with van der Waals surface area (Å²) in [5.41, 5.74) is 8.71. The van der Waals surface area contributed by atoms with Crippen molar-refractivity contribution in [1.82, 2.24) is 9.55 Å². The molecule has 0 aliphatic rings. The number of rotatable bonds is 7. The molecule has 0 spiro atoms. The maximum atomic E-state index is 9.68. The van der Waals surface area contributed by atoms with Crippen LogP contribution in [0.5, 0.6) is 5.75 Å². The highest BCUT2D eigenvalue weighted by Crippen LogP contribution is 2.23. The second kappa shape index (κ2) is 9.89. The van der Waals surface area contributed by atoms with Crippen molar-refractivity contribution in [2.45, 2.75) is 25.6 Å². The lowest BCUT2D eigenvalue weighted by atomic mass is 10.0. The monoisotopic (exact) mass is 391 g/mol. The van der Waals surface area contributed by atoms with E-state index in [9.17, 15) is 5.11 Å². The number of hydrogen-bond acceptors (Lipinski definition) is 5. The topological polar surface area (TPSA) is 93.5 Å². The van der Waals surface area contributed by atoms with Crippen LogP contribution < -0.4 is 10.5 Å². The number of aliphatic hydroxyl groups excluding tert-OH is 2. The van der Waals surface area contributed by atoms with Gasteiger partial charge in [-0.15, -0.1) is 0 Å². The van der Waals surface area contributed by atoms with Gasteiger partial charge in [0.1, 0.15) is 24.3 Å². The van der Waals surface area contributed by atoms with Crippen LogP contribution in [0.25, 0.3) is 11.1 Å². The Morgan fingerprint density at radius 1 is 1.10 bits per heavy atom. The highest BCUT2D eigenvalue weighted by atomic mass is 16.5. The summed E-state index contributed by atoms with van der Waals surface area (Å²) in [5, 5.41) is 18.6. The number of imidazole rings is 1. The van der Waals surface area contributed by atoms with E-state index in [2.05, 4.69) is 16.8 Å². The van der Waals surface area contributed by atoms with Crippen LogP contribution in [0, 0.1) is 11.8 Å². The van der Waals surface area contributed by atoms with Gasteiger partial charge in [0.05, 0.1) is 19.2 Å². The molecule has 0 saturated carbocycles. The zero-order valence-corrected chi connectivity index (χ0v) is 16.3. The van der Waals surface area contributed by atoms with Gasteiger partial charge in [0.2, 0.25) is 0 Å². The Morgan fingerprint density at radius 2 is 1.76 bits per heavy atom. The summed E-state index contributed by atoms with van der Waals surface area (Å²) in [6.07, 6.45) is 2.86. The van der Waals surface area contributed by atoms with E-state index in [0.29, 0.717) is 12.4 Å². The Morgan fingerprint density at radius 3 is 2.38 bits per heavy atom. The quantitative estimate of drug-likeness (QED) is 0.538. The third-order valence-electron chi connectivity index (χ3n) is 4.37. The molecule has 29 heavy (non-hydrogen) atoms. The molecule has 150 valence electrons. The molecule has 4 N–H and O–H groups in total. The zero-order valence-electron chi connectivity index (χ0n) is 16.3. The molecule has 1 unspecified atom stereocenters. The van der Waals surface area contributed by atoms with Gasteiger partial charge in [-0.3, -0.25) is 0 Å². The van der Waals surface area contributed by atoms with Gasteiger partial charge in [-0.1, -0.05) is 36.1 Å². The highest BCUT2D eigenvalue weighted by molar-refractivity contribution is 5.65. The van der Waals surface area contributed by atoms with E-state index in [1.54, 1.807) is 13.1 Å². The summed E-state index contributed by atoms with van der Waals surface area (Å²) >= 11 is 0. The second-order valence-electron chi connectivity index (χ2n) is 6.75. The molecular weight excluding hydrogens is 366 g/mol. The number of hydrogen-bond donors (Lipinski definition) is 3. The van der Waals surface area contributed by atoms with Crippen molar-refractivity contribution in [3.63, 3.8) is 0 Å². The van der Waals surface area contributed by atoms with Crippen molar-refractivity contribution in [3.8, 4) is 28.7 Å². The van der Waals surface area contributed by atoms with Crippen LogP contribution in [0.4, 0.5) is 0 Å². The number of benzene rings is 2. The fraction of sp³-hybridized carbons (Fsp3) is 0.261. The Hall–Kier alpha value is -3.11. The predicted molar refractivity (Wildman–Crippen MR) is 112 cm³/mol. The molecule has 0 aliphatic heterocycles. The van der Waals surface area contributed by atoms with Crippen LogP contribution >= 0.6 is 0 Å². The van der Waals surface area contributed by atoms with E-state index in [1.165, 1.54) is 0 Å². The lowest BCUT2D eigenvalue weighted by molar-refractivity contribution is 0.184. The highest BCUT2D eigenvalue weighted by Gasteiger charge is 2.07. The first-order chi connectivity index (χ1) is 14.1. The summed E-state index contributed by atoms with van der Waals surface area (Å²) in [6.45, 7) is 2.34. The zero-order chi connectivity index (χ0) is 20.6. The number of ether oxygens (including phenoxy) is 1. The van der Waals surface area contributed by atoms with Crippen LogP contribution in [0.1, 0.15) is 24.4 Å². The van der Waals surface area contributed by atoms with E-state index >= 15 is 0 Å². The lowest BCUT2D eigenvalue weighted by Gasteiger charge is -2.11. The van der Waals surface area contributed by atoms with E-state index in [-0.39, 0.29) is 19.3 Å². The van der Waals surface area contributed by atoms with Gasteiger partial charge in [-0.25, -0.2) is 4.98 Å². The van der Waals surface area contributed by atoms with E-state index < -0.39 is 6.10 Å². The molecular formula is C23H25N3O3. The normalized spacial score (nSPS) is 12.7. The minimum Gasteiger partial charge on any atom is -0.492 e. The summed E-state index contributed by atoms with van der Waals surface area (Å²) < 4.78 is 7.38. The average molecular weight is 391 g/mol. The van der Waals surface area contributed by atoms with Gasteiger partial charge < -0.3 is 25.3 Å². The molecule has 0 amide bonds. The predicted octanol–water partition coefficient (Wildman–Crippen LogP) is 2.35. The molecule has 0 bridgehead atoms. The summed E-state index contributed by atoms with van der Waals surface area (Å²) in [4.78, 5) is 4.14. The van der Waals surface area contributed by atoms with Crippen molar-refractivity contribution in [2.24, 2.45) is 5.73 Å². The van der Waals surface area contributed by atoms with Gasteiger partial charge in [0, 0.05) is 18.0 Å². The molecule has 0 radical (unpaired) electrons. The fourth-order valence-electron chi connectivity index (χ4n) is 2.79. The molecule has 6 heteroatoms. The first kappa shape index (κ1) is 20.6. The van der Waals surface area contributed by atoms with Crippen LogP contribution in [-0.2, 0) is 6.54 Å². The van der Waals surface area contributed by atoms with E-state index in [1.807, 2.05) is 59.3 Å². The SMILES string of the molecule is C[C@H](O)c1nccn1CC#Cc1ccc(-c2ccc(OCC(N)CO)cc2)cc1. The van der Waals surface area contributed by atoms with Crippen LogP contribution in [-0.4, -0.2) is 39.0 Å². The molecule has 1 aromatic heterocycles. The smallest absolute Gasteiger partial charge is 0.138 e. The van der Waals surface area contributed by atoms with E-state index in [0.717, 1.165) is 22.4 Å². The minimum atomic E-state index is -0.616. The van der Waals surface area contributed by atoms with Gasteiger partial charge >= 0.3 is 0 Å². The Balaban J connectivity index is 1.61. The number of aliphatic hydroxyl groups is 2. The van der Waals surface area contributed by atoms with Gasteiger partial charge in [-0.2, -0.15) is 0 Å². The molecule has 2 aromatic carbocycles. The maximum absolute atomic E-state index is 9.68. The minimum absolute atomic E-state index is 0.0998. The molecule has 1 heterocycles. The van der Waals surface area contributed by atoms with Crippen molar-refractivity contribution in [3.05, 3.63) is 72.3 Å². The van der Waals surface area contributed by atoms with Crippen molar-refractivity contribution in [1.29, 1.82) is 0 Å². The number of nitrogens with two attached hydrogens (primary N) is 1. The van der Waals surface area contributed by atoms with Crippen molar-refractivity contribution in [2.75, 3.05) is 13.2 Å². The molecule has 0 saturated heterocycles. The summed E-state index contributed by atoms with van der Waals surface area (Å²) in [5.74, 6) is 7.58. The maximum Gasteiger partial charge on any atom is 0.138 e. The first-order valence-electron chi connectivity index (χ1n) is 9.44. The van der Waals surface area contributed by atoms with Crippen molar-refractivity contribution < 1.29 is 14.9 Å². The van der Waals surface area contributed by atoms with Crippen molar-refractivity contribution >= 4 is 0 Å². The standard InChI is InChI=1S/C23H25N3O3/c1-17(28)23-25-12-14-26(23)13-2-3-18-4-6-19(7-5-18)20-8-10-22(11-9-20)29-16-21(24)15-27/h4-12,14,17,21,27-28H,13,15-16,24H2,1H3/t17-,21?/m0/s1. The Labute approximate surface area is 170 Å². The summed E-state index contributed by atoms with van der Waals surface area (Å²) in [7, 11) is 0. The number of aromatic nitrogens is 2. The van der Waals surface area contributed by atoms with Gasteiger partial charge in [-0.05, 0) is 42.3 Å². The average Bonchev–Trinajstić information content (AvgIpc) is 3.22. The van der Waals surface area contributed by atoms with Crippen LogP contribution in [0.15, 0.2) is 60.9 Å². The molecule has 0 aliphatic carbocycles. The third kappa shape index (κ3) is 5.69. The van der Waals surface area contributed by atoms with Crippen LogP contribution in [0.3, 0.4) is 0 Å². The Kier molecular flexibility index (Phi) is 7.04. The van der Waals surface area contributed by atoms with Gasteiger partial charge in [0.25, 0.3) is 0 Å². The molecule has 2 atom stereocenters. The largest absolute Gasteiger partial charge is 0.492 e. The first-order valence-corrected chi connectivity index (χ1v) is 9.44. The van der Waals surface area contributed by atoms with Crippen LogP contribution in [0.2, 0.25) is 0 Å².